The van der Waals surface area contributed by atoms with Gasteiger partial charge in [-0.3, -0.25) is 0 Å². The first kappa shape index (κ1) is 20.0. The molecule has 0 bridgehead atoms. The molecule has 0 aliphatic carbocycles. The summed E-state index contributed by atoms with van der Waals surface area (Å²) in [5.41, 5.74) is 8.02. The van der Waals surface area contributed by atoms with Crippen molar-refractivity contribution >= 4 is 65.6 Å². The predicted octanol–water partition coefficient (Wildman–Crippen LogP) is 11.4. The number of benzene rings is 7. The van der Waals surface area contributed by atoms with E-state index < -0.39 is 6.04 Å². The van der Waals surface area contributed by atoms with E-state index in [2.05, 4.69) is 106 Å². The predicted molar refractivity (Wildman–Crippen MR) is 188 cm³/mol. The Hall–Kier alpha value is -6.06. The molecule has 0 fully saturated rings. The lowest BCUT2D eigenvalue weighted by molar-refractivity contribution is 0.670. The highest BCUT2D eigenvalue weighted by Gasteiger charge is 2.20. The summed E-state index contributed by atoms with van der Waals surface area (Å²) in [4.78, 5) is 0. The number of furan rings is 1. The van der Waals surface area contributed by atoms with E-state index in [4.69, 9.17) is 11.3 Å². The van der Waals surface area contributed by atoms with Gasteiger partial charge in [0.25, 0.3) is 0 Å². The number of nitrogens with zero attached hydrogens (tertiary/aromatic N) is 2. The minimum absolute atomic E-state index is 0.120. The average Bonchev–Trinajstić information content (AvgIpc) is 3.81. The quantitative estimate of drug-likeness (QED) is 0.204. The summed E-state index contributed by atoms with van der Waals surface area (Å²) in [5, 5.41) is 6.32. The van der Waals surface area contributed by atoms with Gasteiger partial charge in [0.2, 0.25) is 0 Å². The second-order valence-electron chi connectivity index (χ2n) is 11.4. The standard InChI is InChI=1S/C42H26N2O/c1-2-12-27(13-3-1)29-17-10-18-34-41-38(22-11-23-40(41)45-42(29)34)44-37-21-9-6-16-32(37)33-25-24-28(26-39(33)44)43-35-19-7-4-14-30(35)31-15-5-8-20-36(31)43/h1-26H/i1D,2D,3D,12D,13D. The largest absolute Gasteiger partial charge is 0.455 e. The fourth-order valence-electron chi connectivity index (χ4n) is 7.16. The molecule has 0 saturated carbocycles. The van der Waals surface area contributed by atoms with Crippen molar-refractivity contribution in [2.45, 2.75) is 0 Å². The minimum Gasteiger partial charge on any atom is -0.455 e. The van der Waals surface area contributed by atoms with Gasteiger partial charge in [0.1, 0.15) is 11.2 Å². The second-order valence-corrected chi connectivity index (χ2v) is 11.4. The van der Waals surface area contributed by atoms with Gasteiger partial charge in [0.05, 0.1) is 40.0 Å². The first-order chi connectivity index (χ1) is 24.4. The van der Waals surface area contributed by atoms with E-state index in [1.807, 2.05) is 24.3 Å². The number of rotatable bonds is 3. The number of para-hydroxylation sites is 4. The van der Waals surface area contributed by atoms with Crippen LogP contribution in [0.15, 0.2) is 162 Å². The molecule has 45 heavy (non-hydrogen) atoms. The maximum Gasteiger partial charge on any atom is 0.143 e. The molecule has 3 aromatic heterocycles. The maximum atomic E-state index is 8.68. The van der Waals surface area contributed by atoms with Crippen LogP contribution in [0.2, 0.25) is 0 Å². The van der Waals surface area contributed by atoms with Crippen LogP contribution >= 0.6 is 0 Å². The Morgan fingerprint density at radius 3 is 1.80 bits per heavy atom. The zero-order chi connectivity index (χ0) is 33.8. The molecule has 3 heteroatoms. The van der Waals surface area contributed by atoms with Crippen LogP contribution in [-0.2, 0) is 0 Å². The van der Waals surface area contributed by atoms with Crippen molar-refractivity contribution in [2.75, 3.05) is 0 Å². The molecule has 0 amide bonds. The molecule has 0 radical (unpaired) electrons. The molecule has 0 N–H and O–H groups in total. The molecule has 0 saturated heterocycles. The fourth-order valence-corrected chi connectivity index (χ4v) is 7.16. The lowest BCUT2D eigenvalue weighted by atomic mass is 10.0. The van der Waals surface area contributed by atoms with E-state index >= 15 is 0 Å². The lowest BCUT2D eigenvalue weighted by Gasteiger charge is -2.12. The van der Waals surface area contributed by atoms with Crippen molar-refractivity contribution in [1.29, 1.82) is 0 Å². The van der Waals surface area contributed by atoms with E-state index in [1.165, 1.54) is 10.8 Å². The Bertz CT molecular complexity index is 2980. The Kier molecular flexibility index (Phi) is 4.10. The Morgan fingerprint density at radius 1 is 0.489 bits per heavy atom. The molecule has 210 valence electrons. The maximum absolute atomic E-state index is 8.68. The fraction of sp³-hybridized carbons (Fsp3) is 0. The van der Waals surface area contributed by atoms with Crippen LogP contribution in [0.1, 0.15) is 6.85 Å². The van der Waals surface area contributed by atoms with Crippen molar-refractivity contribution in [1.82, 2.24) is 9.13 Å². The topological polar surface area (TPSA) is 23.0 Å². The van der Waals surface area contributed by atoms with E-state index in [-0.39, 0.29) is 29.7 Å². The third-order valence-electron chi connectivity index (χ3n) is 9.01. The Balaban J connectivity index is 1.29. The SMILES string of the molecule is [2H]c1c([2H])c([2H])c(-c2cccc3c2oc2cccc(-n4c5ccccc5c5ccc(-n6c7ccccc7c7ccccc76)cc54)c23)c([2H])c1[2H]. The lowest BCUT2D eigenvalue weighted by Crippen LogP contribution is -1.97. The van der Waals surface area contributed by atoms with Gasteiger partial charge in [-0.25, -0.2) is 0 Å². The minimum atomic E-state index is -0.422. The van der Waals surface area contributed by atoms with Crippen LogP contribution in [-0.4, -0.2) is 9.13 Å². The first-order valence-electron chi connectivity index (χ1n) is 17.5. The zero-order valence-corrected chi connectivity index (χ0v) is 23.9. The third kappa shape index (κ3) is 3.41. The summed E-state index contributed by atoms with van der Waals surface area (Å²) in [7, 11) is 0. The molecule has 10 aromatic rings. The molecule has 3 heterocycles. The van der Waals surface area contributed by atoms with Crippen LogP contribution in [0.4, 0.5) is 0 Å². The van der Waals surface area contributed by atoms with Crippen LogP contribution in [0.5, 0.6) is 0 Å². The van der Waals surface area contributed by atoms with Gasteiger partial charge in [0.15, 0.2) is 0 Å². The van der Waals surface area contributed by atoms with Crippen LogP contribution in [0, 0.1) is 0 Å². The van der Waals surface area contributed by atoms with Crippen molar-refractivity contribution in [2.24, 2.45) is 0 Å². The zero-order valence-electron chi connectivity index (χ0n) is 28.9. The van der Waals surface area contributed by atoms with E-state index in [1.54, 1.807) is 6.07 Å². The van der Waals surface area contributed by atoms with E-state index in [0.717, 1.165) is 55.0 Å². The van der Waals surface area contributed by atoms with Gasteiger partial charge < -0.3 is 13.6 Å². The van der Waals surface area contributed by atoms with Crippen molar-refractivity contribution < 1.29 is 11.3 Å². The highest BCUT2D eigenvalue weighted by Crippen LogP contribution is 2.42. The molecule has 10 rings (SSSR count). The number of fused-ring (bicyclic) bond motifs is 9. The molecule has 0 aliphatic heterocycles. The molecule has 0 aliphatic rings. The first-order valence-corrected chi connectivity index (χ1v) is 15.0. The molecular weight excluding hydrogens is 548 g/mol. The summed E-state index contributed by atoms with van der Waals surface area (Å²) in [6, 6.07) is 41.9. The van der Waals surface area contributed by atoms with Crippen molar-refractivity contribution in [3.63, 3.8) is 0 Å². The monoisotopic (exact) mass is 579 g/mol. The summed E-state index contributed by atoms with van der Waals surface area (Å²) < 4.78 is 53.2. The number of aromatic nitrogens is 2. The summed E-state index contributed by atoms with van der Waals surface area (Å²) in [5.74, 6) is 0. The van der Waals surface area contributed by atoms with Gasteiger partial charge in [-0.2, -0.15) is 0 Å². The van der Waals surface area contributed by atoms with Crippen LogP contribution in [0.25, 0.3) is 88.1 Å². The van der Waals surface area contributed by atoms with E-state index in [9.17, 15) is 0 Å². The Labute approximate surface area is 265 Å². The summed E-state index contributed by atoms with van der Waals surface area (Å²) in [6.07, 6.45) is 0. The molecule has 3 nitrogen and oxygen atoms in total. The van der Waals surface area contributed by atoms with Gasteiger partial charge in [-0.05, 0) is 48.0 Å². The normalized spacial score (nSPS) is 13.6. The van der Waals surface area contributed by atoms with Crippen LogP contribution < -0.4 is 0 Å². The average molecular weight is 580 g/mol. The number of hydrogen-bond donors (Lipinski definition) is 0. The second kappa shape index (κ2) is 9.22. The molecular formula is C42H26N2O. The van der Waals surface area contributed by atoms with E-state index in [0.29, 0.717) is 16.7 Å². The summed E-state index contributed by atoms with van der Waals surface area (Å²) >= 11 is 0. The van der Waals surface area contributed by atoms with Crippen molar-refractivity contribution in [3.8, 4) is 22.5 Å². The highest BCUT2D eigenvalue weighted by molar-refractivity contribution is 6.16. The van der Waals surface area contributed by atoms with Crippen molar-refractivity contribution in [3.05, 3.63) is 158 Å². The van der Waals surface area contributed by atoms with Gasteiger partial charge >= 0.3 is 0 Å². The smallest absolute Gasteiger partial charge is 0.143 e. The Morgan fingerprint density at radius 2 is 1.09 bits per heavy atom. The third-order valence-corrected chi connectivity index (χ3v) is 9.01. The molecule has 0 unspecified atom stereocenters. The van der Waals surface area contributed by atoms with Gasteiger partial charge in [-0.15, -0.1) is 0 Å². The number of hydrogen-bond acceptors (Lipinski definition) is 1. The molecule has 0 spiro atoms. The van der Waals surface area contributed by atoms with Gasteiger partial charge in [0, 0.05) is 38.2 Å². The molecule has 7 aromatic carbocycles. The highest BCUT2D eigenvalue weighted by atomic mass is 16.3. The van der Waals surface area contributed by atoms with Crippen LogP contribution in [0.3, 0.4) is 0 Å². The molecule has 0 atom stereocenters. The van der Waals surface area contributed by atoms with Gasteiger partial charge in [-0.1, -0.05) is 115 Å². The summed E-state index contributed by atoms with van der Waals surface area (Å²) in [6.45, 7) is 0.